The second kappa shape index (κ2) is 6.83. The van der Waals surface area contributed by atoms with E-state index in [-0.39, 0.29) is 17.3 Å². The maximum absolute atomic E-state index is 12.8. The molecule has 0 aliphatic heterocycles. The first-order valence-electron chi connectivity index (χ1n) is 6.83. The van der Waals surface area contributed by atoms with Crippen LogP contribution in [0.3, 0.4) is 0 Å². The zero-order chi connectivity index (χ0) is 15.2. The summed E-state index contributed by atoms with van der Waals surface area (Å²) in [5, 5.41) is 2.75. The van der Waals surface area contributed by atoms with E-state index < -0.39 is 0 Å². The van der Waals surface area contributed by atoms with Crippen molar-refractivity contribution in [3.8, 4) is 0 Å². The Morgan fingerprint density at radius 1 is 1.24 bits per heavy atom. The third-order valence-corrected chi connectivity index (χ3v) is 3.21. The third kappa shape index (κ3) is 4.02. The van der Waals surface area contributed by atoms with Gasteiger partial charge in [-0.2, -0.15) is 0 Å². The first-order chi connectivity index (χ1) is 10.1. The molecule has 0 fully saturated rings. The predicted octanol–water partition coefficient (Wildman–Crippen LogP) is 1.98. The van der Waals surface area contributed by atoms with Gasteiger partial charge in [-0.15, -0.1) is 0 Å². The van der Waals surface area contributed by atoms with E-state index in [1.807, 2.05) is 6.92 Å². The van der Waals surface area contributed by atoms with Crippen LogP contribution in [0.5, 0.6) is 0 Å². The van der Waals surface area contributed by atoms with Gasteiger partial charge in [0.05, 0.1) is 0 Å². The molecule has 0 atom stereocenters. The average Bonchev–Trinajstić information content (AvgIpc) is 2.49. The molecule has 0 saturated heterocycles. The lowest BCUT2D eigenvalue weighted by atomic mass is 10.1. The number of benzene rings is 1. The molecular weight excluding hydrogens is 271 g/mol. The first-order valence-corrected chi connectivity index (χ1v) is 6.83. The van der Waals surface area contributed by atoms with E-state index in [0.29, 0.717) is 25.1 Å². The largest absolute Gasteiger partial charge is 0.352 e. The second-order valence-corrected chi connectivity index (χ2v) is 4.67. The zero-order valence-electron chi connectivity index (χ0n) is 11.8. The number of aryl methyl sites for hydroxylation is 1. The quantitative estimate of drug-likeness (QED) is 0.914. The van der Waals surface area contributed by atoms with Crippen LogP contribution in [0, 0.1) is 5.82 Å². The van der Waals surface area contributed by atoms with E-state index in [0.717, 1.165) is 5.56 Å². The Morgan fingerprint density at radius 3 is 2.57 bits per heavy atom. The molecule has 5 heteroatoms. The summed E-state index contributed by atoms with van der Waals surface area (Å²) in [5.41, 5.74) is 1.10. The van der Waals surface area contributed by atoms with Gasteiger partial charge in [-0.1, -0.05) is 12.1 Å². The normalized spacial score (nSPS) is 10.4. The van der Waals surface area contributed by atoms with Crippen molar-refractivity contribution in [2.45, 2.75) is 19.9 Å². The van der Waals surface area contributed by atoms with E-state index >= 15 is 0 Å². The summed E-state index contributed by atoms with van der Waals surface area (Å²) < 4.78 is 14.3. The van der Waals surface area contributed by atoms with Crippen LogP contribution in [0.15, 0.2) is 47.4 Å². The van der Waals surface area contributed by atoms with Gasteiger partial charge < -0.3 is 9.88 Å². The summed E-state index contributed by atoms with van der Waals surface area (Å²) in [6, 6.07) is 9.10. The highest BCUT2D eigenvalue weighted by Crippen LogP contribution is 2.03. The molecule has 0 aliphatic carbocycles. The van der Waals surface area contributed by atoms with Gasteiger partial charge in [0.2, 0.25) is 0 Å². The number of rotatable bonds is 5. The van der Waals surface area contributed by atoms with Crippen molar-refractivity contribution in [1.29, 1.82) is 0 Å². The van der Waals surface area contributed by atoms with Crippen LogP contribution in [0.25, 0.3) is 0 Å². The fraction of sp³-hybridized carbons (Fsp3) is 0.250. The molecule has 21 heavy (non-hydrogen) atoms. The van der Waals surface area contributed by atoms with Crippen molar-refractivity contribution in [3.63, 3.8) is 0 Å². The number of aromatic nitrogens is 1. The van der Waals surface area contributed by atoms with Gasteiger partial charge in [0.1, 0.15) is 5.82 Å². The summed E-state index contributed by atoms with van der Waals surface area (Å²) in [5.74, 6) is -0.559. The van der Waals surface area contributed by atoms with E-state index in [2.05, 4.69) is 5.32 Å². The minimum absolute atomic E-state index is 0.191. The topological polar surface area (TPSA) is 51.1 Å². The Labute approximate surface area is 122 Å². The Bertz CT molecular complexity index is 677. The highest BCUT2D eigenvalue weighted by atomic mass is 19.1. The van der Waals surface area contributed by atoms with Gasteiger partial charge in [0, 0.05) is 30.9 Å². The fourth-order valence-electron chi connectivity index (χ4n) is 1.98. The molecule has 1 amide bonds. The summed E-state index contributed by atoms with van der Waals surface area (Å²) in [6.07, 6.45) is 2.22. The minimum atomic E-state index is -0.280. The van der Waals surface area contributed by atoms with Gasteiger partial charge in [-0.3, -0.25) is 9.59 Å². The number of amides is 1. The number of nitrogens with one attached hydrogen (secondary N) is 1. The molecule has 0 unspecified atom stereocenters. The number of hydrogen-bond donors (Lipinski definition) is 1. The molecule has 0 saturated carbocycles. The van der Waals surface area contributed by atoms with Crippen LogP contribution in [0.1, 0.15) is 22.8 Å². The Kier molecular flexibility index (Phi) is 4.87. The van der Waals surface area contributed by atoms with E-state index in [4.69, 9.17) is 0 Å². The minimum Gasteiger partial charge on any atom is -0.352 e. The molecule has 0 aliphatic rings. The molecule has 4 nitrogen and oxygen atoms in total. The van der Waals surface area contributed by atoms with Crippen LogP contribution >= 0.6 is 0 Å². The van der Waals surface area contributed by atoms with Gasteiger partial charge >= 0.3 is 0 Å². The molecule has 1 aromatic carbocycles. The molecule has 1 aromatic heterocycles. The van der Waals surface area contributed by atoms with Crippen molar-refractivity contribution in [1.82, 2.24) is 9.88 Å². The predicted molar refractivity (Wildman–Crippen MR) is 78.8 cm³/mol. The SMILES string of the molecule is CCn1ccc(C(=O)NCCc2ccc(F)cc2)cc1=O. The Balaban J connectivity index is 1.91. The van der Waals surface area contributed by atoms with E-state index in [1.165, 1.54) is 22.8 Å². The molecule has 1 N–H and O–H groups in total. The maximum Gasteiger partial charge on any atom is 0.251 e. The molecule has 0 radical (unpaired) electrons. The molecule has 110 valence electrons. The zero-order valence-corrected chi connectivity index (χ0v) is 11.8. The first kappa shape index (κ1) is 15.0. The summed E-state index contributed by atoms with van der Waals surface area (Å²) in [6.45, 7) is 2.87. The molecule has 2 aromatic rings. The van der Waals surface area contributed by atoms with Crippen LogP contribution in [0.4, 0.5) is 4.39 Å². The number of pyridine rings is 1. The van der Waals surface area contributed by atoms with E-state index in [1.54, 1.807) is 24.4 Å². The molecule has 1 heterocycles. The van der Waals surface area contributed by atoms with Gasteiger partial charge in [-0.05, 0) is 37.1 Å². The second-order valence-electron chi connectivity index (χ2n) is 4.67. The van der Waals surface area contributed by atoms with Crippen molar-refractivity contribution in [2.75, 3.05) is 6.54 Å². The highest BCUT2D eigenvalue weighted by Gasteiger charge is 2.06. The molecule has 0 spiro atoms. The Morgan fingerprint density at radius 2 is 1.95 bits per heavy atom. The van der Waals surface area contributed by atoms with Crippen LogP contribution in [0.2, 0.25) is 0 Å². The molecule has 0 bridgehead atoms. The number of carbonyl (C=O) groups is 1. The lowest BCUT2D eigenvalue weighted by molar-refractivity contribution is 0.0954. The van der Waals surface area contributed by atoms with Gasteiger partial charge in [-0.25, -0.2) is 4.39 Å². The summed E-state index contributed by atoms with van der Waals surface area (Å²) in [4.78, 5) is 23.6. The highest BCUT2D eigenvalue weighted by molar-refractivity contribution is 5.93. The maximum atomic E-state index is 12.8. The van der Waals surface area contributed by atoms with Crippen LogP contribution in [-0.2, 0) is 13.0 Å². The number of halogens is 1. The number of nitrogens with zero attached hydrogens (tertiary/aromatic N) is 1. The van der Waals surface area contributed by atoms with Gasteiger partial charge in [0.15, 0.2) is 0 Å². The Hall–Kier alpha value is -2.43. The van der Waals surface area contributed by atoms with Crippen LogP contribution < -0.4 is 10.9 Å². The smallest absolute Gasteiger partial charge is 0.251 e. The lowest BCUT2D eigenvalue weighted by Crippen LogP contribution is -2.28. The van der Waals surface area contributed by atoms with Gasteiger partial charge in [0.25, 0.3) is 11.5 Å². The number of carbonyl (C=O) groups excluding carboxylic acids is 1. The van der Waals surface area contributed by atoms with Crippen molar-refractivity contribution < 1.29 is 9.18 Å². The third-order valence-electron chi connectivity index (χ3n) is 3.21. The fourth-order valence-corrected chi connectivity index (χ4v) is 1.98. The molecule has 2 rings (SSSR count). The van der Waals surface area contributed by atoms with Crippen molar-refractivity contribution in [3.05, 3.63) is 69.9 Å². The summed E-state index contributed by atoms with van der Waals surface area (Å²) in [7, 11) is 0. The monoisotopic (exact) mass is 288 g/mol. The average molecular weight is 288 g/mol. The summed E-state index contributed by atoms with van der Waals surface area (Å²) >= 11 is 0. The van der Waals surface area contributed by atoms with E-state index in [9.17, 15) is 14.0 Å². The standard InChI is InChI=1S/C16H17FN2O2/c1-2-19-10-8-13(11-15(19)20)16(21)18-9-7-12-3-5-14(17)6-4-12/h3-6,8,10-11H,2,7,9H2,1H3,(H,18,21). The van der Waals surface area contributed by atoms with Crippen molar-refractivity contribution in [2.24, 2.45) is 0 Å². The van der Waals surface area contributed by atoms with Crippen LogP contribution in [-0.4, -0.2) is 17.0 Å². The molecular formula is C16H17FN2O2. The lowest BCUT2D eigenvalue weighted by Gasteiger charge is -2.07. The van der Waals surface area contributed by atoms with Crippen molar-refractivity contribution >= 4 is 5.91 Å². The number of hydrogen-bond acceptors (Lipinski definition) is 2.